The summed E-state index contributed by atoms with van der Waals surface area (Å²) < 4.78 is 19.0. The molecule has 0 saturated heterocycles. The van der Waals surface area contributed by atoms with E-state index in [9.17, 15) is 4.39 Å². The lowest BCUT2D eigenvalue weighted by Crippen LogP contribution is -2.23. The van der Waals surface area contributed by atoms with E-state index >= 15 is 0 Å². The summed E-state index contributed by atoms with van der Waals surface area (Å²) in [5, 5.41) is 3.16. The first-order valence-electron chi connectivity index (χ1n) is 5.30. The third-order valence-electron chi connectivity index (χ3n) is 3.10. The van der Waals surface area contributed by atoms with Crippen LogP contribution in [0.25, 0.3) is 0 Å². The van der Waals surface area contributed by atoms with Gasteiger partial charge in [-0.3, -0.25) is 0 Å². The van der Waals surface area contributed by atoms with E-state index in [1.807, 2.05) is 7.05 Å². The van der Waals surface area contributed by atoms with E-state index in [1.54, 1.807) is 13.2 Å². The summed E-state index contributed by atoms with van der Waals surface area (Å²) in [7, 11) is 3.51. The molecule has 1 unspecified atom stereocenters. The molecule has 0 heterocycles. The Morgan fingerprint density at radius 2 is 2.27 bits per heavy atom. The van der Waals surface area contributed by atoms with E-state index in [2.05, 4.69) is 5.32 Å². The summed E-state index contributed by atoms with van der Waals surface area (Å²) >= 11 is 0. The lowest BCUT2D eigenvalue weighted by Gasteiger charge is -2.26. The van der Waals surface area contributed by atoms with Gasteiger partial charge in [-0.25, -0.2) is 4.39 Å². The normalized spacial score (nSPS) is 19.8. The molecular weight excluding hydrogens is 193 g/mol. The summed E-state index contributed by atoms with van der Waals surface area (Å²) in [6.45, 7) is 0. The second-order valence-electron chi connectivity index (χ2n) is 3.88. The van der Waals surface area contributed by atoms with Gasteiger partial charge in [-0.15, -0.1) is 0 Å². The third-order valence-corrected chi connectivity index (χ3v) is 3.10. The Morgan fingerprint density at radius 1 is 1.47 bits per heavy atom. The first-order valence-corrected chi connectivity index (χ1v) is 5.30. The minimum absolute atomic E-state index is 0.121. The molecule has 0 fully saturated rings. The van der Waals surface area contributed by atoms with Crippen LogP contribution in [0.1, 0.15) is 30.0 Å². The van der Waals surface area contributed by atoms with Crippen molar-refractivity contribution < 1.29 is 9.13 Å². The topological polar surface area (TPSA) is 21.3 Å². The number of hydrogen-bond acceptors (Lipinski definition) is 2. The molecule has 2 rings (SSSR count). The number of methoxy groups -OCH3 is 1. The van der Waals surface area contributed by atoms with E-state index in [-0.39, 0.29) is 11.9 Å². The second-order valence-corrected chi connectivity index (χ2v) is 3.88. The Bertz CT molecular complexity index is 365. The van der Waals surface area contributed by atoms with Gasteiger partial charge < -0.3 is 10.1 Å². The second kappa shape index (κ2) is 4.19. The maximum atomic E-state index is 13.7. The smallest absolute Gasteiger partial charge is 0.128 e. The van der Waals surface area contributed by atoms with Crippen molar-refractivity contribution in [1.29, 1.82) is 0 Å². The molecule has 0 aliphatic heterocycles. The van der Waals surface area contributed by atoms with Gasteiger partial charge in [0.15, 0.2) is 0 Å². The van der Waals surface area contributed by atoms with Gasteiger partial charge in [-0.05, 0) is 38.4 Å². The van der Waals surface area contributed by atoms with Gasteiger partial charge in [0.1, 0.15) is 11.6 Å². The molecule has 0 aromatic heterocycles. The highest BCUT2D eigenvalue weighted by Gasteiger charge is 2.24. The van der Waals surface area contributed by atoms with Crippen LogP contribution in [-0.2, 0) is 6.42 Å². The zero-order valence-electron chi connectivity index (χ0n) is 9.14. The van der Waals surface area contributed by atoms with Crippen molar-refractivity contribution in [2.45, 2.75) is 25.3 Å². The van der Waals surface area contributed by atoms with Crippen LogP contribution in [0.3, 0.4) is 0 Å². The quantitative estimate of drug-likeness (QED) is 0.807. The highest BCUT2D eigenvalue weighted by Crippen LogP contribution is 2.36. The molecule has 0 spiro atoms. The average molecular weight is 209 g/mol. The molecule has 1 N–H and O–H groups in total. The number of halogens is 1. The predicted octanol–water partition coefficient (Wildman–Crippen LogP) is 2.43. The fourth-order valence-electron chi connectivity index (χ4n) is 2.36. The van der Waals surface area contributed by atoms with Crippen molar-refractivity contribution >= 4 is 0 Å². The highest BCUT2D eigenvalue weighted by molar-refractivity contribution is 5.44. The summed E-state index contributed by atoms with van der Waals surface area (Å²) in [4.78, 5) is 0. The Kier molecular flexibility index (Phi) is 2.91. The number of hydrogen-bond donors (Lipinski definition) is 1. The zero-order chi connectivity index (χ0) is 10.8. The van der Waals surface area contributed by atoms with Crippen LogP contribution in [0.4, 0.5) is 4.39 Å². The van der Waals surface area contributed by atoms with E-state index in [0.717, 1.165) is 36.1 Å². The van der Waals surface area contributed by atoms with Crippen LogP contribution in [0.15, 0.2) is 12.1 Å². The standard InChI is InChI=1S/C12H16FNO/c1-14-10-5-3-4-8-11(15-2)7-6-9(13)12(8)10/h6-7,10,14H,3-5H2,1-2H3. The molecule has 82 valence electrons. The Hall–Kier alpha value is -1.09. The molecule has 1 aliphatic carbocycles. The summed E-state index contributed by atoms with van der Waals surface area (Å²) in [5.41, 5.74) is 1.83. The largest absolute Gasteiger partial charge is 0.496 e. The van der Waals surface area contributed by atoms with Crippen molar-refractivity contribution in [3.05, 3.63) is 29.1 Å². The van der Waals surface area contributed by atoms with Gasteiger partial charge in [0, 0.05) is 17.2 Å². The van der Waals surface area contributed by atoms with Crippen LogP contribution in [0.2, 0.25) is 0 Å². The number of ether oxygens (including phenoxy) is 1. The van der Waals surface area contributed by atoms with Gasteiger partial charge >= 0.3 is 0 Å². The summed E-state index contributed by atoms with van der Waals surface area (Å²) in [6.07, 6.45) is 2.99. The summed E-state index contributed by atoms with van der Waals surface area (Å²) in [5.74, 6) is 0.691. The fraction of sp³-hybridized carbons (Fsp3) is 0.500. The minimum Gasteiger partial charge on any atom is -0.496 e. The molecule has 3 heteroatoms. The molecule has 0 saturated carbocycles. The van der Waals surface area contributed by atoms with Crippen LogP contribution in [-0.4, -0.2) is 14.2 Å². The van der Waals surface area contributed by atoms with Crippen molar-refractivity contribution in [2.24, 2.45) is 0 Å². The fourth-order valence-corrected chi connectivity index (χ4v) is 2.36. The zero-order valence-corrected chi connectivity index (χ0v) is 9.14. The van der Waals surface area contributed by atoms with Gasteiger partial charge in [0.25, 0.3) is 0 Å². The molecule has 2 nitrogen and oxygen atoms in total. The van der Waals surface area contributed by atoms with E-state index < -0.39 is 0 Å². The van der Waals surface area contributed by atoms with Gasteiger partial charge in [0.2, 0.25) is 0 Å². The van der Waals surface area contributed by atoms with Crippen molar-refractivity contribution in [2.75, 3.05) is 14.2 Å². The van der Waals surface area contributed by atoms with E-state index in [4.69, 9.17) is 4.74 Å². The first kappa shape index (κ1) is 10.4. The molecular formula is C12H16FNO. The van der Waals surface area contributed by atoms with Gasteiger partial charge in [-0.2, -0.15) is 0 Å². The van der Waals surface area contributed by atoms with Crippen LogP contribution >= 0.6 is 0 Å². The molecule has 0 radical (unpaired) electrons. The molecule has 1 atom stereocenters. The van der Waals surface area contributed by atoms with Gasteiger partial charge in [0.05, 0.1) is 7.11 Å². The van der Waals surface area contributed by atoms with Crippen molar-refractivity contribution in [3.8, 4) is 5.75 Å². The third kappa shape index (κ3) is 1.72. The number of rotatable bonds is 2. The van der Waals surface area contributed by atoms with E-state index in [0.29, 0.717) is 0 Å². The van der Waals surface area contributed by atoms with E-state index in [1.165, 1.54) is 6.07 Å². The Labute approximate surface area is 89.4 Å². The van der Waals surface area contributed by atoms with Crippen molar-refractivity contribution in [3.63, 3.8) is 0 Å². The minimum atomic E-state index is -0.121. The molecule has 0 bridgehead atoms. The SMILES string of the molecule is CNC1CCCc2c(OC)ccc(F)c21. The Morgan fingerprint density at radius 3 is 2.93 bits per heavy atom. The average Bonchev–Trinajstić information content (AvgIpc) is 2.29. The molecule has 0 amide bonds. The first-order chi connectivity index (χ1) is 7.27. The lowest BCUT2D eigenvalue weighted by molar-refractivity contribution is 0.393. The molecule has 1 aliphatic rings. The van der Waals surface area contributed by atoms with Crippen LogP contribution in [0, 0.1) is 5.82 Å². The molecule has 1 aromatic rings. The van der Waals surface area contributed by atoms with Gasteiger partial charge in [-0.1, -0.05) is 0 Å². The number of fused-ring (bicyclic) bond motifs is 1. The maximum Gasteiger partial charge on any atom is 0.128 e. The Balaban J connectivity index is 2.53. The summed E-state index contributed by atoms with van der Waals surface area (Å²) in [6, 6.07) is 3.34. The van der Waals surface area contributed by atoms with Crippen molar-refractivity contribution in [1.82, 2.24) is 5.32 Å². The molecule has 1 aromatic carbocycles. The monoisotopic (exact) mass is 209 g/mol. The number of nitrogens with one attached hydrogen (secondary N) is 1. The maximum absolute atomic E-state index is 13.7. The highest BCUT2D eigenvalue weighted by atomic mass is 19.1. The predicted molar refractivity (Wildman–Crippen MR) is 57.7 cm³/mol. The van der Waals surface area contributed by atoms with Crippen LogP contribution in [0.5, 0.6) is 5.75 Å². The van der Waals surface area contributed by atoms with Crippen LogP contribution < -0.4 is 10.1 Å². The lowest BCUT2D eigenvalue weighted by atomic mass is 9.86. The molecule has 15 heavy (non-hydrogen) atoms. The number of benzene rings is 1.